The monoisotopic (exact) mass is 373 g/mol. The maximum atomic E-state index is 12.3. The number of nitrogens with one attached hydrogen (secondary N) is 2. The molecule has 0 spiro atoms. The fourth-order valence-corrected chi connectivity index (χ4v) is 4.14. The van der Waals surface area contributed by atoms with E-state index in [1.807, 2.05) is 12.3 Å². The van der Waals surface area contributed by atoms with Gasteiger partial charge >= 0.3 is 0 Å². The van der Waals surface area contributed by atoms with Crippen molar-refractivity contribution in [2.45, 2.75) is 39.7 Å². The molecule has 1 fully saturated rings. The lowest BCUT2D eigenvalue weighted by Gasteiger charge is -2.15. The fraction of sp³-hybridized carbons (Fsp3) is 0.526. The number of anilines is 1. The Bertz CT molecular complexity index is 838. The lowest BCUT2D eigenvalue weighted by molar-refractivity contribution is -0.117. The Hall–Kier alpha value is -1.92. The molecule has 2 aliphatic rings. The van der Waals surface area contributed by atoms with Gasteiger partial charge in [-0.05, 0) is 43.3 Å². The van der Waals surface area contributed by atoms with Crippen molar-refractivity contribution in [3.05, 3.63) is 29.2 Å². The van der Waals surface area contributed by atoms with Gasteiger partial charge in [0, 0.05) is 36.0 Å². The summed E-state index contributed by atoms with van der Waals surface area (Å²) in [5.41, 5.74) is 3.29. The zero-order valence-electron chi connectivity index (χ0n) is 15.2. The molecular weight excluding hydrogens is 350 g/mol. The Morgan fingerprint density at radius 3 is 3.04 bits per heavy atom. The van der Waals surface area contributed by atoms with Gasteiger partial charge < -0.3 is 10.6 Å². The number of aromatic nitrogens is 3. The first-order valence-electron chi connectivity index (χ1n) is 9.12. The summed E-state index contributed by atoms with van der Waals surface area (Å²) in [5, 5.41) is 11.3. The van der Waals surface area contributed by atoms with Gasteiger partial charge in [0.1, 0.15) is 5.82 Å². The molecule has 26 heavy (non-hydrogen) atoms. The number of fused-ring (bicyclic) bond motifs is 1. The predicted octanol–water partition coefficient (Wildman–Crippen LogP) is 3.12. The maximum Gasteiger partial charge on any atom is 0.225 e. The third-order valence-corrected chi connectivity index (χ3v) is 5.52. The number of amides is 1. The third kappa shape index (κ3) is 3.48. The number of pyridine rings is 1. The second-order valence-corrected chi connectivity index (χ2v) is 8.57. The van der Waals surface area contributed by atoms with Crippen LogP contribution in [0.2, 0.25) is 5.02 Å². The molecule has 1 amide bonds. The van der Waals surface area contributed by atoms with Crippen LogP contribution in [-0.2, 0) is 17.8 Å². The van der Waals surface area contributed by atoms with Gasteiger partial charge in [-0.15, -0.1) is 0 Å². The summed E-state index contributed by atoms with van der Waals surface area (Å²) in [6.07, 6.45) is 5.99. The zero-order valence-corrected chi connectivity index (χ0v) is 15.9. The first-order chi connectivity index (χ1) is 12.4. The molecule has 138 valence electrons. The average molecular weight is 374 g/mol. The minimum Gasteiger partial charge on any atom is -0.316 e. The largest absolute Gasteiger partial charge is 0.316 e. The highest BCUT2D eigenvalue weighted by atomic mass is 35.5. The molecule has 4 rings (SSSR count). The predicted molar refractivity (Wildman–Crippen MR) is 102 cm³/mol. The van der Waals surface area contributed by atoms with Crippen molar-refractivity contribution >= 4 is 23.3 Å². The first-order valence-corrected chi connectivity index (χ1v) is 9.50. The van der Waals surface area contributed by atoms with Crippen molar-refractivity contribution in [2.75, 3.05) is 18.4 Å². The van der Waals surface area contributed by atoms with Gasteiger partial charge in [0.05, 0.1) is 11.2 Å². The van der Waals surface area contributed by atoms with Crippen LogP contribution in [-0.4, -0.2) is 33.8 Å². The van der Waals surface area contributed by atoms with E-state index >= 15 is 0 Å². The summed E-state index contributed by atoms with van der Waals surface area (Å²) < 4.78 is 2.05. The maximum absolute atomic E-state index is 12.3. The summed E-state index contributed by atoms with van der Waals surface area (Å²) in [6, 6.07) is 1.86. The van der Waals surface area contributed by atoms with Crippen LogP contribution in [0.15, 0.2) is 18.5 Å². The minimum atomic E-state index is 0.000779. The molecule has 2 aromatic heterocycles. The van der Waals surface area contributed by atoms with E-state index in [2.05, 4.69) is 39.2 Å². The van der Waals surface area contributed by atoms with Crippen molar-refractivity contribution in [3.8, 4) is 11.1 Å². The van der Waals surface area contributed by atoms with E-state index in [9.17, 15) is 4.79 Å². The number of carbonyl (C=O) groups excluding carboxylic acids is 1. The van der Waals surface area contributed by atoms with E-state index in [-0.39, 0.29) is 11.3 Å². The van der Waals surface area contributed by atoms with Crippen LogP contribution in [0.3, 0.4) is 0 Å². The number of hydrogen-bond donors (Lipinski definition) is 2. The van der Waals surface area contributed by atoms with E-state index in [1.54, 1.807) is 6.20 Å². The molecule has 0 bridgehead atoms. The van der Waals surface area contributed by atoms with E-state index in [0.29, 0.717) is 23.2 Å². The molecule has 2 aliphatic heterocycles. The van der Waals surface area contributed by atoms with E-state index in [1.165, 1.54) is 5.69 Å². The van der Waals surface area contributed by atoms with Gasteiger partial charge in [-0.3, -0.25) is 9.48 Å². The van der Waals surface area contributed by atoms with Crippen LogP contribution in [0.4, 0.5) is 5.82 Å². The smallest absolute Gasteiger partial charge is 0.225 e. The highest BCUT2D eigenvalue weighted by Gasteiger charge is 2.32. The third-order valence-electron chi connectivity index (χ3n) is 5.22. The molecule has 0 radical (unpaired) electrons. The van der Waals surface area contributed by atoms with E-state index in [0.717, 1.165) is 43.6 Å². The van der Waals surface area contributed by atoms with Gasteiger partial charge in [-0.1, -0.05) is 25.4 Å². The van der Waals surface area contributed by atoms with Gasteiger partial charge in [0.15, 0.2) is 0 Å². The Labute approximate surface area is 158 Å². The summed E-state index contributed by atoms with van der Waals surface area (Å²) in [4.78, 5) is 16.6. The van der Waals surface area contributed by atoms with Crippen molar-refractivity contribution in [1.29, 1.82) is 0 Å². The van der Waals surface area contributed by atoms with Crippen LogP contribution >= 0.6 is 11.6 Å². The molecular formula is C19H24ClN5O. The summed E-state index contributed by atoms with van der Waals surface area (Å²) >= 11 is 6.41. The van der Waals surface area contributed by atoms with Crippen molar-refractivity contribution in [1.82, 2.24) is 20.1 Å². The molecule has 6 nitrogen and oxygen atoms in total. The molecule has 1 atom stereocenters. The molecule has 0 saturated carbocycles. The molecule has 1 unspecified atom stereocenters. The Morgan fingerprint density at radius 2 is 2.27 bits per heavy atom. The molecule has 4 heterocycles. The van der Waals surface area contributed by atoms with Crippen LogP contribution < -0.4 is 10.6 Å². The lowest BCUT2D eigenvalue weighted by Crippen LogP contribution is -2.18. The van der Waals surface area contributed by atoms with Crippen LogP contribution in [0.1, 0.15) is 32.4 Å². The molecule has 7 heteroatoms. The fourth-order valence-electron chi connectivity index (χ4n) is 3.93. The van der Waals surface area contributed by atoms with Crippen LogP contribution in [0.25, 0.3) is 11.1 Å². The summed E-state index contributed by atoms with van der Waals surface area (Å²) in [6.45, 7) is 7.28. The normalized spacial score (nSPS) is 21.0. The second-order valence-electron chi connectivity index (χ2n) is 8.16. The molecule has 2 N–H and O–H groups in total. The van der Waals surface area contributed by atoms with Crippen molar-refractivity contribution in [3.63, 3.8) is 0 Å². The molecule has 0 aromatic carbocycles. The van der Waals surface area contributed by atoms with Crippen LogP contribution in [0, 0.1) is 11.3 Å². The standard InChI is InChI=1S/C19H24ClN5O/c1-19(2)7-16-14(9-23-25(16)11-19)13-6-17(22-10-15(13)20)24-18(26)5-12-3-4-21-8-12/h6,9-10,12,21H,3-5,7-8,11H2,1-2H3,(H,22,24,26). The van der Waals surface area contributed by atoms with Crippen molar-refractivity contribution < 1.29 is 4.79 Å². The Kier molecular flexibility index (Phi) is 4.49. The molecule has 1 saturated heterocycles. The number of carbonyl (C=O) groups is 1. The quantitative estimate of drug-likeness (QED) is 0.863. The SMILES string of the molecule is CC1(C)Cc2c(-c3cc(NC(=O)CC4CCNC4)ncc3Cl)cnn2C1. The zero-order chi connectivity index (χ0) is 18.3. The van der Waals surface area contributed by atoms with E-state index in [4.69, 9.17) is 11.6 Å². The summed E-state index contributed by atoms with van der Waals surface area (Å²) in [7, 11) is 0. The van der Waals surface area contributed by atoms with Gasteiger partial charge in [-0.25, -0.2) is 4.98 Å². The van der Waals surface area contributed by atoms with Gasteiger partial charge in [0.2, 0.25) is 5.91 Å². The number of rotatable bonds is 4. The first kappa shape index (κ1) is 17.5. The van der Waals surface area contributed by atoms with Crippen LogP contribution in [0.5, 0.6) is 0 Å². The molecule has 2 aromatic rings. The summed E-state index contributed by atoms with van der Waals surface area (Å²) in [5.74, 6) is 0.946. The van der Waals surface area contributed by atoms with Crippen molar-refractivity contribution in [2.24, 2.45) is 11.3 Å². The highest BCUT2D eigenvalue weighted by molar-refractivity contribution is 6.33. The number of nitrogens with zero attached hydrogens (tertiary/aromatic N) is 3. The van der Waals surface area contributed by atoms with Gasteiger partial charge in [0.25, 0.3) is 0 Å². The Morgan fingerprint density at radius 1 is 1.42 bits per heavy atom. The highest BCUT2D eigenvalue weighted by Crippen LogP contribution is 2.39. The number of hydrogen-bond acceptors (Lipinski definition) is 4. The minimum absolute atomic E-state index is 0.000779. The van der Waals surface area contributed by atoms with E-state index < -0.39 is 0 Å². The lowest BCUT2D eigenvalue weighted by atomic mass is 9.89. The topological polar surface area (TPSA) is 71.8 Å². The Balaban J connectivity index is 1.55. The van der Waals surface area contributed by atoms with Gasteiger partial charge in [-0.2, -0.15) is 5.10 Å². The average Bonchev–Trinajstić information content (AvgIpc) is 3.25. The second kappa shape index (κ2) is 6.67. The molecule has 0 aliphatic carbocycles. The number of halogens is 1.